The lowest BCUT2D eigenvalue weighted by atomic mass is 10.0. The maximum Gasteiger partial charge on any atom is 0.277 e. The van der Waals surface area contributed by atoms with Crippen LogP contribution in [0.3, 0.4) is 0 Å². The summed E-state index contributed by atoms with van der Waals surface area (Å²) in [5, 5.41) is 14.5. The molecule has 0 bridgehead atoms. The van der Waals surface area contributed by atoms with Gasteiger partial charge in [-0.3, -0.25) is 9.48 Å². The van der Waals surface area contributed by atoms with Crippen LogP contribution in [0.2, 0.25) is 5.02 Å². The van der Waals surface area contributed by atoms with Crippen molar-refractivity contribution in [1.29, 1.82) is 0 Å². The maximum absolute atomic E-state index is 12.6. The summed E-state index contributed by atoms with van der Waals surface area (Å²) in [6.07, 6.45) is 3.52. The highest BCUT2D eigenvalue weighted by molar-refractivity contribution is 6.32. The van der Waals surface area contributed by atoms with Crippen molar-refractivity contribution in [1.82, 2.24) is 19.6 Å². The van der Waals surface area contributed by atoms with Crippen molar-refractivity contribution >= 4 is 34.1 Å². The molecule has 8 heteroatoms. The number of nitrogens with one attached hydrogen (secondary N) is 1. The van der Waals surface area contributed by atoms with E-state index in [0.717, 1.165) is 11.1 Å². The van der Waals surface area contributed by atoms with Gasteiger partial charge >= 0.3 is 0 Å². The largest absolute Gasteiger partial charge is 0.470 e. The van der Waals surface area contributed by atoms with E-state index in [4.69, 9.17) is 16.3 Å². The molecule has 0 saturated heterocycles. The van der Waals surface area contributed by atoms with Gasteiger partial charge in [-0.1, -0.05) is 60.1 Å². The first-order valence-corrected chi connectivity index (χ1v) is 11.2. The molecule has 1 N–H and O–H groups in total. The van der Waals surface area contributed by atoms with E-state index in [-0.39, 0.29) is 18.3 Å². The molecule has 2 heterocycles. The molecule has 1 amide bonds. The average molecular weight is 472 g/mol. The molecule has 7 nitrogen and oxygen atoms in total. The van der Waals surface area contributed by atoms with Gasteiger partial charge in [0, 0.05) is 18.5 Å². The van der Waals surface area contributed by atoms with Crippen LogP contribution in [0.1, 0.15) is 21.6 Å². The molecule has 170 valence electrons. The predicted octanol–water partition coefficient (Wildman–Crippen LogP) is 5.53. The van der Waals surface area contributed by atoms with Crippen LogP contribution in [0.5, 0.6) is 5.75 Å². The minimum absolute atomic E-state index is 0.135. The smallest absolute Gasteiger partial charge is 0.277 e. The van der Waals surface area contributed by atoms with Crippen molar-refractivity contribution in [3.05, 3.63) is 107 Å². The van der Waals surface area contributed by atoms with Crippen molar-refractivity contribution in [3.63, 3.8) is 0 Å². The van der Waals surface area contributed by atoms with Gasteiger partial charge in [-0.05, 0) is 47.0 Å². The van der Waals surface area contributed by atoms with E-state index < -0.39 is 0 Å². The maximum atomic E-state index is 12.6. The molecule has 0 unspecified atom stereocenters. The number of anilines is 1. The number of aryl methyl sites for hydroxylation is 1. The molecule has 0 radical (unpaired) electrons. The summed E-state index contributed by atoms with van der Waals surface area (Å²) in [4.78, 5) is 12.6. The number of amides is 1. The molecule has 0 saturated carbocycles. The van der Waals surface area contributed by atoms with Gasteiger partial charge in [-0.25, -0.2) is 4.68 Å². The van der Waals surface area contributed by atoms with Gasteiger partial charge in [0.25, 0.3) is 5.91 Å². The van der Waals surface area contributed by atoms with Crippen LogP contribution in [-0.2, 0) is 13.3 Å². The van der Waals surface area contributed by atoms with Crippen LogP contribution in [-0.4, -0.2) is 25.5 Å². The number of halogens is 1. The second-order valence-corrected chi connectivity index (χ2v) is 8.35. The molecule has 34 heavy (non-hydrogen) atoms. The summed E-state index contributed by atoms with van der Waals surface area (Å²) < 4.78 is 9.06. The van der Waals surface area contributed by atoms with E-state index in [1.165, 1.54) is 15.5 Å². The molecule has 0 aliphatic heterocycles. The molecule has 0 aliphatic rings. The number of hydrogen-bond acceptors (Lipinski definition) is 4. The fraction of sp³-hybridized carbons (Fsp3) is 0.115. The molecule has 0 aliphatic carbocycles. The van der Waals surface area contributed by atoms with Crippen LogP contribution in [0.4, 0.5) is 5.82 Å². The van der Waals surface area contributed by atoms with Crippen molar-refractivity contribution in [2.75, 3.05) is 5.32 Å². The van der Waals surface area contributed by atoms with Crippen molar-refractivity contribution in [2.45, 2.75) is 20.2 Å². The van der Waals surface area contributed by atoms with Crippen molar-refractivity contribution in [2.24, 2.45) is 0 Å². The van der Waals surface area contributed by atoms with E-state index in [0.29, 0.717) is 23.1 Å². The number of nitrogens with zero attached hydrogens (tertiary/aromatic N) is 4. The van der Waals surface area contributed by atoms with E-state index in [1.807, 2.05) is 43.5 Å². The Morgan fingerprint density at radius 1 is 0.971 bits per heavy atom. The second kappa shape index (κ2) is 9.41. The topological polar surface area (TPSA) is 74.0 Å². The normalized spacial score (nSPS) is 11.0. The number of carbonyl (C=O) groups is 1. The minimum Gasteiger partial charge on any atom is -0.470 e. The van der Waals surface area contributed by atoms with Gasteiger partial charge in [0.05, 0.1) is 11.6 Å². The van der Waals surface area contributed by atoms with Crippen molar-refractivity contribution in [3.8, 4) is 5.75 Å². The number of benzene rings is 3. The third-order valence-electron chi connectivity index (χ3n) is 5.41. The first-order chi connectivity index (χ1) is 16.5. The molecule has 0 fully saturated rings. The Bertz CT molecular complexity index is 1470. The van der Waals surface area contributed by atoms with Gasteiger partial charge < -0.3 is 10.1 Å². The highest BCUT2D eigenvalue weighted by Gasteiger charge is 2.12. The molecule has 0 spiro atoms. The monoisotopic (exact) mass is 471 g/mol. The zero-order valence-corrected chi connectivity index (χ0v) is 19.2. The summed E-state index contributed by atoms with van der Waals surface area (Å²) in [6, 6.07) is 23.4. The Balaban J connectivity index is 1.22. The summed E-state index contributed by atoms with van der Waals surface area (Å²) >= 11 is 6.16. The molecule has 5 rings (SSSR count). The van der Waals surface area contributed by atoms with Gasteiger partial charge in [0.15, 0.2) is 18.2 Å². The minimum atomic E-state index is -0.345. The van der Waals surface area contributed by atoms with Crippen LogP contribution in [0.25, 0.3) is 10.8 Å². The lowest BCUT2D eigenvalue weighted by Crippen LogP contribution is -2.15. The average Bonchev–Trinajstić information content (AvgIpc) is 3.49. The predicted molar refractivity (Wildman–Crippen MR) is 132 cm³/mol. The standard InChI is InChI=1S/C26H22ClN5O2/c1-18-9-10-22(27)24(15-18)34-17-32-13-11-23(29-32)26(33)28-25-12-14-31(30-25)16-20-7-4-6-19-5-2-3-8-21(19)20/h2-15H,16-17H2,1H3,(H,28,30,33). The zero-order valence-electron chi connectivity index (χ0n) is 18.5. The molecule has 0 atom stereocenters. The van der Waals surface area contributed by atoms with Gasteiger partial charge in [0.1, 0.15) is 5.75 Å². The Morgan fingerprint density at radius 2 is 1.79 bits per heavy atom. The first-order valence-electron chi connectivity index (χ1n) is 10.8. The number of rotatable bonds is 7. The molecule has 5 aromatic rings. The first kappa shape index (κ1) is 21.7. The lowest BCUT2D eigenvalue weighted by molar-refractivity contribution is 0.101. The van der Waals surface area contributed by atoms with E-state index in [9.17, 15) is 4.79 Å². The molecular formula is C26H22ClN5O2. The Hall–Kier alpha value is -4.10. The van der Waals surface area contributed by atoms with Crippen LogP contribution >= 0.6 is 11.6 Å². The quantitative estimate of drug-likeness (QED) is 0.338. The van der Waals surface area contributed by atoms with Crippen LogP contribution in [0.15, 0.2) is 85.2 Å². The lowest BCUT2D eigenvalue weighted by Gasteiger charge is -2.08. The number of ether oxygens (including phenoxy) is 1. The Kier molecular flexibility index (Phi) is 6.01. The van der Waals surface area contributed by atoms with Crippen molar-refractivity contribution < 1.29 is 9.53 Å². The fourth-order valence-electron chi connectivity index (χ4n) is 3.71. The Labute approximate surface area is 201 Å². The summed E-state index contributed by atoms with van der Waals surface area (Å²) in [6.45, 7) is 2.70. The number of aromatic nitrogens is 4. The van der Waals surface area contributed by atoms with E-state index in [2.05, 4.69) is 39.8 Å². The number of hydrogen-bond donors (Lipinski definition) is 1. The Morgan fingerprint density at radius 3 is 2.71 bits per heavy atom. The third kappa shape index (κ3) is 4.79. The molecule has 3 aromatic carbocycles. The van der Waals surface area contributed by atoms with E-state index in [1.54, 1.807) is 29.1 Å². The number of carbonyl (C=O) groups excluding carboxylic acids is 1. The van der Waals surface area contributed by atoms with Crippen LogP contribution < -0.4 is 10.1 Å². The third-order valence-corrected chi connectivity index (χ3v) is 5.72. The van der Waals surface area contributed by atoms with Gasteiger partial charge in [0.2, 0.25) is 0 Å². The van der Waals surface area contributed by atoms with Gasteiger partial charge in [-0.15, -0.1) is 0 Å². The summed E-state index contributed by atoms with van der Waals surface area (Å²) in [5.74, 6) is 0.685. The second-order valence-electron chi connectivity index (χ2n) is 7.94. The number of fused-ring (bicyclic) bond motifs is 1. The summed E-state index contributed by atoms with van der Waals surface area (Å²) in [5.41, 5.74) is 2.47. The zero-order chi connectivity index (χ0) is 23.5. The highest BCUT2D eigenvalue weighted by atomic mass is 35.5. The SMILES string of the molecule is Cc1ccc(Cl)c(OCn2ccc(C(=O)Nc3ccn(Cc4cccc5ccccc45)n3)n2)c1. The van der Waals surface area contributed by atoms with Gasteiger partial charge in [-0.2, -0.15) is 10.2 Å². The van der Waals surface area contributed by atoms with E-state index >= 15 is 0 Å². The van der Waals surface area contributed by atoms with Crippen LogP contribution in [0, 0.1) is 6.92 Å². The highest BCUT2D eigenvalue weighted by Crippen LogP contribution is 2.25. The molecule has 2 aromatic heterocycles. The summed E-state index contributed by atoms with van der Waals surface area (Å²) in [7, 11) is 0. The fourth-order valence-corrected chi connectivity index (χ4v) is 3.89. The molecular weight excluding hydrogens is 450 g/mol.